The van der Waals surface area contributed by atoms with Gasteiger partial charge < -0.3 is 5.32 Å². The van der Waals surface area contributed by atoms with Gasteiger partial charge in [0, 0.05) is 22.2 Å². The van der Waals surface area contributed by atoms with Crippen molar-refractivity contribution in [3.05, 3.63) is 47.5 Å². The highest BCUT2D eigenvalue weighted by atomic mass is 35.5. The molecule has 24 heavy (non-hydrogen) atoms. The molecule has 3 rings (SSSR count). The maximum atomic E-state index is 13.0. The Bertz CT molecular complexity index is 910. The standard InChI is InChI=1S/C17H17ClN2O3S/c1-11(2)19-17(21)10-20-15-8-7-12(18)9-14(15)13-5-3-4-6-16(13)24(20,22)23/h3-9,11H,10H2,1-2H3,(H,19,21). The van der Waals surface area contributed by atoms with Crippen LogP contribution in [-0.2, 0) is 14.8 Å². The molecule has 0 saturated carbocycles. The van der Waals surface area contributed by atoms with Gasteiger partial charge in [-0.15, -0.1) is 0 Å². The molecule has 126 valence electrons. The molecule has 7 heteroatoms. The highest BCUT2D eigenvalue weighted by molar-refractivity contribution is 7.93. The maximum Gasteiger partial charge on any atom is 0.265 e. The Morgan fingerprint density at radius 1 is 1.17 bits per heavy atom. The van der Waals surface area contributed by atoms with E-state index in [0.29, 0.717) is 21.8 Å². The summed E-state index contributed by atoms with van der Waals surface area (Å²) in [4.78, 5) is 12.3. The van der Waals surface area contributed by atoms with Crippen LogP contribution in [0.4, 0.5) is 5.69 Å². The summed E-state index contributed by atoms with van der Waals surface area (Å²) in [6.45, 7) is 3.38. The summed E-state index contributed by atoms with van der Waals surface area (Å²) in [5.74, 6) is -0.353. The van der Waals surface area contributed by atoms with Crippen molar-refractivity contribution in [1.29, 1.82) is 0 Å². The van der Waals surface area contributed by atoms with E-state index in [1.165, 1.54) is 0 Å². The van der Waals surface area contributed by atoms with E-state index in [1.54, 1.807) is 42.5 Å². The third-order valence-electron chi connectivity index (χ3n) is 3.71. The molecule has 0 aromatic heterocycles. The summed E-state index contributed by atoms with van der Waals surface area (Å²) < 4.78 is 27.1. The largest absolute Gasteiger partial charge is 0.352 e. The van der Waals surface area contributed by atoms with Crippen molar-refractivity contribution >= 4 is 33.2 Å². The Morgan fingerprint density at radius 2 is 1.88 bits per heavy atom. The van der Waals surface area contributed by atoms with Crippen LogP contribution in [0.2, 0.25) is 5.02 Å². The second kappa shape index (κ2) is 6.11. The normalized spacial score (nSPS) is 14.9. The zero-order chi connectivity index (χ0) is 17.5. The van der Waals surface area contributed by atoms with Crippen LogP contribution < -0.4 is 9.62 Å². The van der Waals surface area contributed by atoms with Crippen molar-refractivity contribution in [2.75, 3.05) is 10.8 Å². The number of amides is 1. The number of carbonyl (C=O) groups is 1. The van der Waals surface area contributed by atoms with E-state index in [1.807, 2.05) is 13.8 Å². The molecule has 0 aliphatic carbocycles. The van der Waals surface area contributed by atoms with E-state index < -0.39 is 10.0 Å². The Kier molecular flexibility index (Phi) is 4.27. The fourth-order valence-corrected chi connectivity index (χ4v) is 4.59. The Balaban J connectivity index is 2.15. The van der Waals surface area contributed by atoms with Crippen LogP contribution in [-0.4, -0.2) is 26.9 Å². The van der Waals surface area contributed by atoms with E-state index in [-0.39, 0.29) is 23.4 Å². The van der Waals surface area contributed by atoms with E-state index in [9.17, 15) is 13.2 Å². The van der Waals surface area contributed by atoms with Crippen molar-refractivity contribution < 1.29 is 13.2 Å². The molecule has 5 nitrogen and oxygen atoms in total. The number of halogens is 1. The Hall–Kier alpha value is -2.05. The number of rotatable bonds is 3. The van der Waals surface area contributed by atoms with E-state index in [0.717, 1.165) is 4.31 Å². The van der Waals surface area contributed by atoms with Gasteiger partial charge >= 0.3 is 0 Å². The predicted molar refractivity (Wildman–Crippen MR) is 94.7 cm³/mol. The molecular weight excluding hydrogens is 348 g/mol. The molecule has 1 heterocycles. The fourth-order valence-electron chi connectivity index (χ4n) is 2.77. The SMILES string of the molecule is CC(C)NC(=O)CN1c2ccc(Cl)cc2-c2ccccc2S1(=O)=O. The van der Waals surface area contributed by atoms with Crippen molar-refractivity contribution in [1.82, 2.24) is 5.32 Å². The maximum absolute atomic E-state index is 13.0. The van der Waals surface area contributed by atoms with Gasteiger partial charge in [-0.25, -0.2) is 8.42 Å². The van der Waals surface area contributed by atoms with Crippen molar-refractivity contribution in [3.8, 4) is 11.1 Å². The second-order valence-corrected chi connectivity index (χ2v) is 8.16. The first kappa shape index (κ1) is 16.8. The van der Waals surface area contributed by atoms with Gasteiger partial charge in [0.15, 0.2) is 0 Å². The molecule has 0 spiro atoms. The van der Waals surface area contributed by atoms with Gasteiger partial charge in [0.1, 0.15) is 6.54 Å². The van der Waals surface area contributed by atoms with Gasteiger partial charge in [-0.1, -0.05) is 29.8 Å². The van der Waals surface area contributed by atoms with Crippen LogP contribution in [0.3, 0.4) is 0 Å². The third-order valence-corrected chi connectivity index (χ3v) is 5.76. The number of hydrogen-bond acceptors (Lipinski definition) is 3. The molecule has 2 aromatic carbocycles. The van der Waals surface area contributed by atoms with Crippen molar-refractivity contribution in [2.24, 2.45) is 0 Å². The highest BCUT2D eigenvalue weighted by Crippen LogP contribution is 2.43. The summed E-state index contributed by atoms with van der Waals surface area (Å²) >= 11 is 6.09. The highest BCUT2D eigenvalue weighted by Gasteiger charge is 2.35. The van der Waals surface area contributed by atoms with Crippen LogP contribution in [0.5, 0.6) is 0 Å². The average molecular weight is 365 g/mol. The zero-order valence-corrected chi connectivity index (χ0v) is 14.9. The monoisotopic (exact) mass is 364 g/mol. The number of nitrogens with one attached hydrogen (secondary N) is 1. The lowest BCUT2D eigenvalue weighted by Gasteiger charge is -2.31. The molecule has 0 fully saturated rings. The van der Waals surface area contributed by atoms with Crippen molar-refractivity contribution in [3.63, 3.8) is 0 Å². The van der Waals surface area contributed by atoms with Gasteiger partial charge in [-0.2, -0.15) is 0 Å². The molecule has 0 saturated heterocycles. The minimum Gasteiger partial charge on any atom is -0.352 e. The van der Waals surface area contributed by atoms with Gasteiger partial charge in [0.25, 0.3) is 10.0 Å². The third kappa shape index (κ3) is 2.87. The topological polar surface area (TPSA) is 66.5 Å². The molecule has 0 radical (unpaired) electrons. The van der Waals surface area contributed by atoms with Gasteiger partial charge in [-0.3, -0.25) is 9.10 Å². The average Bonchev–Trinajstić information content (AvgIpc) is 2.51. The van der Waals surface area contributed by atoms with Gasteiger partial charge in [-0.05, 0) is 38.1 Å². The number of sulfonamides is 1. The summed E-state index contributed by atoms with van der Waals surface area (Å²) in [6.07, 6.45) is 0. The zero-order valence-electron chi connectivity index (χ0n) is 13.3. The molecule has 1 aliphatic heterocycles. The van der Waals surface area contributed by atoms with Crippen LogP contribution in [0.25, 0.3) is 11.1 Å². The lowest BCUT2D eigenvalue weighted by molar-refractivity contribution is -0.120. The van der Waals surface area contributed by atoms with Gasteiger partial charge in [0.2, 0.25) is 5.91 Å². The summed E-state index contributed by atoms with van der Waals surface area (Å²) in [5.41, 5.74) is 1.75. The number of benzene rings is 2. The first-order valence-electron chi connectivity index (χ1n) is 7.52. The number of hydrogen-bond donors (Lipinski definition) is 1. The summed E-state index contributed by atoms with van der Waals surface area (Å²) in [6, 6.07) is 11.6. The number of nitrogens with zero attached hydrogens (tertiary/aromatic N) is 1. The lowest BCUT2D eigenvalue weighted by atomic mass is 10.0. The fraction of sp³-hybridized carbons (Fsp3) is 0.235. The molecule has 1 amide bonds. The van der Waals surface area contributed by atoms with E-state index in [2.05, 4.69) is 5.32 Å². The summed E-state index contributed by atoms with van der Waals surface area (Å²) in [5, 5.41) is 3.23. The number of carbonyl (C=O) groups excluding carboxylic acids is 1. The van der Waals surface area contributed by atoms with Crippen LogP contribution >= 0.6 is 11.6 Å². The Morgan fingerprint density at radius 3 is 2.58 bits per heavy atom. The lowest BCUT2D eigenvalue weighted by Crippen LogP contribution is -2.44. The second-order valence-electron chi connectivity index (χ2n) is 5.89. The summed E-state index contributed by atoms with van der Waals surface area (Å²) in [7, 11) is -3.81. The molecule has 0 bridgehead atoms. The first-order valence-corrected chi connectivity index (χ1v) is 9.33. The quantitative estimate of drug-likeness (QED) is 0.910. The number of anilines is 1. The van der Waals surface area contributed by atoms with Crippen LogP contribution in [0.1, 0.15) is 13.8 Å². The molecule has 1 N–H and O–H groups in total. The van der Waals surface area contributed by atoms with Crippen LogP contribution in [0, 0.1) is 0 Å². The van der Waals surface area contributed by atoms with E-state index >= 15 is 0 Å². The molecule has 1 aliphatic rings. The first-order chi connectivity index (χ1) is 11.3. The Labute approximate surface area is 146 Å². The minimum absolute atomic E-state index is 0.0676. The molecule has 0 unspecified atom stereocenters. The molecule has 0 atom stereocenters. The van der Waals surface area contributed by atoms with E-state index in [4.69, 9.17) is 11.6 Å². The smallest absolute Gasteiger partial charge is 0.265 e. The van der Waals surface area contributed by atoms with Crippen molar-refractivity contribution in [2.45, 2.75) is 24.8 Å². The predicted octanol–water partition coefficient (Wildman–Crippen LogP) is 3.04. The minimum atomic E-state index is -3.81. The van der Waals surface area contributed by atoms with Crippen LogP contribution in [0.15, 0.2) is 47.4 Å². The molecule has 2 aromatic rings. The van der Waals surface area contributed by atoms with Gasteiger partial charge in [0.05, 0.1) is 10.6 Å². The number of fused-ring (bicyclic) bond motifs is 3. The molecular formula is C17H17ClN2O3S.